The number of nitrogens with zero attached hydrogens (tertiary/aromatic N) is 3. The van der Waals surface area contributed by atoms with Crippen LogP contribution in [0.5, 0.6) is 0 Å². The molecule has 0 saturated carbocycles. The summed E-state index contributed by atoms with van der Waals surface area (Å²) in [5.41, 5.74) is -0.188. The third kappa shape index (κ3) is 4.50. The highest BCUT2D eigenvalue weighted by Crippen LogP contribution is 2.18. The fraction of sp³-hybridized carbons (Fsp3) is 0.308. The van der Waals surface area contributed by atoms with Crippen LogP contribution in [0.4, 0.5) is 14.5 Å². The maximum atomic E-state index is 13.4. The average Bonchev–Trinajstić information content (AvgIpc) is 2.94. The van der Waals surface area contributed by atoms with Crippen LogP contribution in [0.1, 0.15) is 0 Å². The van der Waals surface area contributed by atoms with Gasteiger partial charge in [-0.25, -0.2) is 8.78 Å². The first kappa shape index (κ1) is 16.4. The monoisotopic (exact) mass is 328 g/mol. The standard InChI is InChI=1S/C13H14F2N4O2S/c1-21-5-4-19-8-16-18-13(19)22-7-12(20)17-11-6-9(14)2-3-10(11)15/h2-3,6,8H,4-5,7H2,1H3,(H,17,20). The largest absolute Gasteiger partial charge is 0.383 e. The number of hydrogen-bond acceptors (Lipinski definition) is 5. The lowest BCUT2D eigenvalue weighted by Gasteiger charge is -2.07. The van der Waals surface area contributed by atoms with Gasteiger partial charge >= 0.3 is 0 Å². The van der Waals surface area contributed by atoms with Crippen molar-refractivity contribution in [3.8, 4) is 0 Å². The van der Waals surface area contributed by atoms with Crippen LogP contribution < -0.4 is 5.32 Å². The van der Waals surface area contributed by atoms with Crippen LogP contribution in [-0.4, -0.2) is 40.1 Å². The van der Waals surface area contributed by atoms with Gasteiger partial charge in [0.25, 0.3) is 0 Å². The molecule has 6 nitrogen and oxygen atoms in total. The van der Waals surface area contributed by atoms with Crippen LogP contribution in [0.2, 0.25) is 0 Å². The average molecular weight is 328 g/mol. The Kier molecular flexibility index (Phi) is 5.84. The lowest BCUT2D eigenvalue weighted by atomic mass is 10.3. The van der Waals surface area contributed by atoms with Gasteiger partial charge in [0, 0.05) is 19.7 Å². The predicted molar refractivity (Wildman–Crippen MR) is 77.6 cm³/mol. The second kappa shape index (κ2) is 7.85. The third-order valence-electron chi connectivity index (χ3n) is 2.65. The minimum Gasteiger partial charge on any atom is -0.383 e. The van der Waals surface area contributed by atoms with E-state index in [1.54, 1.807) is 11.7 Å². The number of rotatable bonds is 7. The summed E-state index contributed by atoms with van der Waals surface area (Å²) < 4.78 is 33.1. The maximum absolute atomic E-state index is 13.4. The minimum absolute atomic E-state index is 0.00162. The number of aromatic nitrogens is 3. The Morgan fingerprint density at radius 3 is 3.05 bits per heavy atom. The van der Waals surface area contributed by atoms with Crippen molar-refractivity contribution < 1.29 is 18.3 Å². The number of methoxy groups -OCH3 is 1. The summed E-state index contributed by atoms with van der Waals surface area (Å²) in [6, 6.07) is 2.87. The number of carbonyl (C=O) groups is 1. The second-order valence-electron chi connectivity index (χ2n) is 4.26. The van der Waals surface area contributed by atoms with Gasteiger partial charge in [0.05, 0.1) is 18.0 Å². The molecule has 118 valence electrons. The molecule has 1 amide bonds. The molecule has 0 aliphatic heterocycles. The van der Waals surface area contributed by atoms with Gasteiger partial charge in [-0.15, -0.1) is 10.2 Å². The smallest absolute Gasteiger partial charge is 0.234 e. The van der Waals surface area contributed by atoms with Crippen LogP contribution in [0.15, 0.2) is 29.7 Å². The molecule has 0 radical (unpaired) electrons. The molecule has 0 aliphatic rings. The molecule has 0 aliphatic carbocycles. The molecule has 0 bridgehead atoms. The second-order valence-corrected chi connectivity index (χ2v) is 5.20. The quantitative estimate of drug-likeness (QED) is 0.787. The summed E-state index contributed by atoms with van der Waals surface area (Å²) in [6.07, 6.45) is 1.53. The van der Waals surface area contributed by atoms with Crippen LogP contribution in [-0.2, 0) is 16.1 Å². The lowest BCUT2D eigenvalue weighted by molar-refractivity contribution is -0.113. The van der Waals surface area contributed by atoms with E-state index in [1.165, 1.54) is 6.33 Å². The van der Waals surface area contributed by atoms with Crippen LogP contribution in [0, 0.1) is 11.6 Å². The van der Waals surface area contributed by atoms with E-state index in [0.29, 0.717) is 18.3 Å². The number of amides is 1. The van der Waals surface area contributed by atoms with Crippen molar-refractivity contribution in [3.05, 3.63) is 36.2 Å². The van der Waals surface area contributed by atoms with Gasteiger partial charge in [0.15, 0.2) is 5.16 Å². The molecule has 9 heteroatoms. The van der Waals surface area contributed by atoms with E-state index >= 15 is 0 Å². The fourth-order valence-corrected chi connectivity index (χ4v) is 2.35. The zero-order valence-electron chi connectivity index (χ0n) is 11.8. The Balaban J connectivity index is 1.90. The number of carbonyl (C=O) groups excluding carboxylic acids is 1. The molecule has 0 fully saturated rings. The van der Waals surface area contributed by atoms with Crippen molar-refractivity contribution in [3.63, 3.8) is 0 Å². The SMILES string of the molecule is COCCn1cnnc1SCC(=O)Nc1cc(F)ccc1F. The zero-order valence-corrected chi connectivity index (χ0v) is 12.6. The van der Waals surface area contributed by atoms with E-state index in [9.17, 15) is 13.6 Å². The number of nitrogens with one attached hydrogen (secondary N) is 1. The normalized spacial score (nSPS) is 10.7. The molecule has 22 heavy (non-hydrogen) atoms. The predicted octanol–water partition coefficient (Wildman–Crippen LogP) is 1.93. The van der Waals surface area contributed by atoms with Crippen molar-refractivity contribution in [1.82, 2.24) is 14.8 Å². The van der Waals surface area contributed by atoms with Gasteiger partial charge in [0.1, 0.15) is 18.0 Å². The van der Waals surface area contributed by atoms with Gasteiger partial charge in [-0.2, -0.15) is 0 Å². The molecule has 1 heterocycles. The summed E-state index contributed by atoms with van der Waals surface area (Å²) in [5, 5.41) is 10.5. The Bertz CT molecular complexity index is 651. The number of anilines is 1. The lowest BCUT2D eigenvalue weighted by Crippen LogP contribution is -2.16. The summed E-state index contributed by atoms with van der Waals surface area (Å²) in [6.45, 7) is 1.05. The van der Waals surface area contributed by atoms with Crippen molar-refractivity contribution in [1.29, 1.82) is 0 Å². The molecular weight excluding hydrogens is 314 g/mol. The Morgan fingerprint density at radius 1 is 1.45 bits per heavy atom. The molecule has 2 rings (SSSR count). The molecule has 1 N–H and O–H groups in total. The molecular formula is C13H14F2N4O2S. The Morgan fingerprint density at radius 2 is 2.27 bits per heavy atom. The van der Waals surface area contributed by atoms with Crippen molar-refractivity contribution in [2.45, 2.75) is 11.7 Å². The first-order chi connectivity index (χ1) is 10.6. The van der Waals surface area contributed by atoms with Gasteiger partial charge in [0.2, 0.25) is 5.91 Å². The van der Waals surface area contributed by atoms with E-state index in [2.05, 4.69) is 15.5 Å². The van der Waals surface area contributed by atoms with Crippen molar-refractivity contribution in [2.75, 3.05) is 24.8 Å². The van der Waals surface area contributed by atoms with Gasteiger partial charge in [-0.3, -0.25) is 4.79 Å². The molecule has 0 spiro atoms. The third-order valence-corrected chi connectivity index (χ3v) is 3.63. The van der Waals surface area contributed by atoms with Crippen LogP contribution in [0.3, 0.4) is 0 Å². The van der Waals surface area contributed by atoms with E-state index < -0.39 is 17.5 Å². The molecule has 0 atom stereocenters. The number of hydrogen-bond donors (Lipinski definition) is 1. The minimum atomic E-state index is -0.692. The van der Waals surface area contributed by atoms with E-state index in [0.717, 1.165) is 30.0 Å². The van der Waals surface area contributed by atoms with Crippen LogP contribution in [0.25, 0.3) is 0 Å². The van der Waals surface area contributed by atoms with Gasteiger partial charge in [-0.05, 0) is 12.1 Å². The molecule has 0 saturated heterocycles. The first-order valence-corrected chi connectivity index (χ1v) is 7.33. The van der Waals surface area contributed by atoms with Crippen molar-refractivity contribution in [2.24, 2.45) is 0 Å². The van der Waals surface area contributed by atoms with Gasteiger partial charge in [-0.1, -0.05) is 11.8 Å². The fourth-order valence-electron chi connectivity index (χ4n) is 1.61. The summed E-state index contributed by atoms with van der Waals surface area (Å²) in [4.78, 5) is 11.8. The Hall–Kier alpha value is -2.00. The number of ether oxygens (including phenoxy) is 1. The first-order valence-electron chi connectivity index (χ1n) is 6.34. The number of halogens is 2. The van der Waals surface area contributed by atoms with E-state index in [-0.39, 0.29) is 11.4 Å². The molecule has 1 aromatic heterocycles. The zero-order chi connectivity index (χ0) is 15.9. The highest BCUT2D eigenvalue weighted by atomic mass is 32.2. The molecule has 1 aromatic carbocycles. The highest BCUT2D eigenvalue weighted by Gasteiger charge is 2.11. The topological polar surface area (TPSA) is 69.0 Å². The molecule has 2 aromatic rings. The Labute approximate surface area is 129 Å². The molecule has 0 unspecified atom stereocenters. The number of benzene rings is 1. The maximum Gasteiger partial charge on any atom is 0.234 e. The highest BCUT2D eigenvalue weighted by molar-refractivity contribution is 7.99. The van der Waals surface area contributed by atoms with E-state index in [4.69, 9.17) is 4.74 Å². The van der Waals surface area contributed by atoms with Gasteiger partial charge < -0.3 is 14.6 Å². The summed E-state index contributed by atoms with van der Waals surface area (Å²) >= 11 is 1.15. The van der Waals surface area contributed by atoms with Crippen molar-refractivity contribution >= 4 is 23.4 Å². The summed E-state index contributed by atoms with van der Waals surface area (Å²) in [5.74, 6) is -1.77. The number of thioether (sulfide) groups is 1. The van der Waals surface area contributed by atoms with Crippen LogP contribution >= 0.6 is 11.8 Å². The van der Waals surface area contributed by atoms with E-state index in [1.807, 2.05) is 0 Å². The summed E-state index contributed by atoms with van der Waals surface area (Å²) in [7, 11) is 1.58.